The van der Waals surface area contributed by atoms with E-state index >= 15 is 0 Å². The summed E-state index contributed by atoms with van der Waals surface area (Å²) in [6, 6.07) is 17.9. The Balaban J connectivity index is 1.60. The van der Waals surface area contributed by atoms with Gasteiger partial charge in [0.15, 0.2) is 0 Å². The van der Waals surface area contributed by atoms with Crippen LogP contribution < -0.4 is 10.1 Å². The van der Waals surface area contributed by atoms with Gasteiger partial charge in [-0.2, -0.15) is 0 Å². The number of rotatable bonds is 6. The number of methoxy groups -OCH3 is 1. The number of aliphatic hydroxyl groups is 1. The average molecular weight is 377 g/mol. The first-order valence-corrected chi connectivity index (χ1v) is 9.40. The fraction of sp³-hybridized carbons (Fsp3) is 0.143. The highest BCUT2D eigenvalue weighted by molar-refractivity contribution is 7.22. The highest BCUT2D eigenvalue weighted by Crippen LogP contribution is 2.36. The second-order valence-electron chi connectivity index (χ2n) is 6.11. The normalized spacial score (nSPS) is 10.9. The zero-order valence-corrected chi connectivity index (χ0v) is 15.7. The van der Waals surface area contributed by atoms with Crippen LogP contribution in [0.15, 0.2) is 60.9 Å². The number of aliphatic hydroxyl groups excluding tert-OH is 1. The zero-order chi connectivity index (χ0) is 18.6. The van der Waals surface area contributed by atoms with E-state index in [1.807, 2.05) is 48.5 Å². The topological polar surface area (TPSA) is 67.3 Å². The van der Waals surface area contributed by atoms with Crippen molar-refractivity contribution in [3.63, 3.8) is 0 Å². The summed E-state index contributed by atoms with van der Waals surface area (Å²) in [4.78, 5) is 9.93. The number of ether oxygens (including phenoxy) is 1. The van der Waals surface area contributed by atoms with Gasteiger partial charge in [0.05, 0.1) is 23.9 Å². The summed E-state index contributed by atoms with van der Waals surface area (Å²) in [6.07, 6.45) is 1.58. The molecule has 0 saturated carbocycles. The number of fused-ring (bicyclic) bond motifs is 1. The van der Waals surface area contributed by atoms with Crippen molar-refractivity contribution >= 4 is 27.4 Å². The molecule has 136 valence electrons. The lowest BCUT2D eigenvalue weighted by Crippen LogP contribution is -2.01. The summed E-state index contributed by atoms with van der Waals surface area (Å²) in [5, 5.41) is 12.8. The van der Waals surface area contributed by atoms with Crippen LogP contribution in [0.25, 0.3) is 20.7 Å². The Morgan fingerprint density at radius 1 is 1.04 bits per heavy atom. The van der Waals surface area contributed by atoms with E-state index in [-0.39, 0.29) is 6.61 Å². The highest BCUT2D eigenvalue weighted by Gasteiger charge is 2.10. The summed E-state index contributed by atoms with van der Waals surface area (Å²) in [6.45, 7) is 0.705. The zero-order valence-electron chi connectivity index (χ0n) is 14.8. The maximum Gasteiger partial charge on any atom is 0.147 e. The lowest BCUT2D eigenvalue weighted by Gasteiger charge is -2.07. The standard InChI is InChI=1S/C21H19N3O2S/c1-26-17-7-5-14(6-8-17)11-22-21-20-18(23-13-24-21)10-19(27-20)16-4-2-3-15(9-16)12-25/h2-10,13,25H,11-12H2,1H3,(H,22,23,24). The summed E-state index contributed by atoms with van der Waals surface area (Å²) >= 11 is 1.65. The predicted molar refractivity (Wildman–Crippen MR) is 109 cm³/mol. The van der Waals surface area contributed by atoms with Crippen LogP contribution in [0.3, 0.4) is 0 Å². The van der Waals surface area contributed by atoms with Gasteiger partial charge in [0.1, 0.15) is 17.9 Å². The molecule has 0 fully saturated rings. The van der Waals surface area contributed by atoms with Gasteiger partial charge in [-0.3, -0.25) is 0 Å². The van der Waals surface area contributed by atoms with Crippen molar-refractivity contribution < 1.29 is 9.84 Å². The second-order valence-corrected chi connectivity index (χ2v) is 7.16. The van der Waals surface area contributed by atoms with Crippen molar-refractivity contribution in [3.8, 4) is 16.2 Å². The van der Waals surface area contributed by atoms with Crippen LogP contribution in [0.4, 0.5) is 5.82 Å². The third-order valence-electron chi connectivity index (χ3n) is 4.32. The molecule has 0 radical (unpaired) electrons. The molecular formula is C21H19N3O2S. The van der Waals surface area contributed by atoms with Gasteiger partial charge in [-0.1, -0.05) is 30.3 Å². The Bertz CT molecular complexity index is 1060. The number of aromatic nitrogens is 2. The number of nitrogens with one attached hydrogen (secondary N) is 1. The molecule has 2 aromatic carbocycles. The molecule has 0 amide bonds. The predicted octanol–water partition coefficient (Wildman–Crippen LogP) is 4.47. The highest BCUT2D eigenvalue weighted by atomic mass is 32.1. The van der Waals surface area contributed by atoms with Gasteiger partial charge < -0.3 is 15.2 Å². The number of nitrogens with zero attached hydrogens (tertiary/aromatic N) is 2. The smallest absolute Gasteiger partial charge is 0.147 e. The van der Waals surface area contributed by atoms with Gasteiger partial charge in [-0.25, -0.2) is 9.97 Å². The molecule has 2 heterocycles. The van der Waals surface area contributed by atoms with Crippen molar-refractivity contribution in [2.24, 2.45) is 0 Å². The Labute approximate surface area is 161 Å². The van der Waals surface area contributed by atoms with Crippen LogP contribution in [0.1, 0.15) is 11.1 Å². The molecule has 27 heavy (non-hydrogen) atoms. The van der Waals surface area contributed by atoms with Crippen molar-refractivity contribution in [1.82, 2.24) is 9.97 Å². The van der Waals surface area contributed by atoms with E-state index in [9.17, 15) is 5.11 Å². The number of thiophene rings is 1. The first-order chi connectivity index (χ1) is 13.3. The third kappa shape index (κ3) is 3.77. The molecular weight excluding hydrogens is 358 g/mol. The number of benzene rings is 2. The fourth-order valence-electron chi connectivity index (χ4n) is 2.87. The van der Waals surface area contributed by atoms with E-state index in [4.69, 9.17) is 4.74 Å². The van der Waals surface area contributed by atoms with Crippen molar-refractivity contribution in [3.05, 3.63) is 72.1 Å². The summed E-state index contributed by atoms with van der Waals surface area (Å²) in [7, 11) is 1.66. The van der Waals surface area contributed by atoms with Gasteiger partial charge in [0, 0.05) is 11.4 Å². The van der Waals surface area contributed by atoms with Crippen molar-refractivity contribution in [2.75, 3.05) is 12.4 Å². The Morgan fingerprint density at radius 2 is 1.89 bits per heavy atom. The monoisotopic (exact) mass is 377 g/mol. The Morgan fingerprint density at radius 3 is 2.67 bits per heavy atom. The first-order valence-electron chi connectivity index (χ1n) is 8.58. The van der Waals surface area contributed by atoms with Crippen LogP contribution in [0.5, 0.6) is 5.75 Å². The SMILES string of the molecule is COc1ccc(CNc2ncnc3cc(-c4cccc(CO)c4)sc23)cc1. The fourth-order valence-corrected chi connectivity index (χ4v) is 3.95. The molecule has 0 aliphatic carbocycles. The molecule has 6 heteroatoms. The molecule has 0 bridgehead atoms. The Hall–Kier alpha value is -2.96. The molecule has 0 spiro atoms. The minimum absolute atomic E-state index is 0.0349. The van der Waals surface area contributed by atoms with Crippen molar-refractivity contribution in [2.45, 2.75) is 13.2 Å². The lowest BCUT2D eigenvalue weighted by atomic mass is 10.1. The minimum atomic E-state index is 0.0349. The van der Waals surface area contributed by atoms with E-state index in [1.54, 1.807) is 24.8 Å². The summed E-state index contributed by atoms with van der Waals surface area (Å²) in [5.74, 6) is 1.67. The van der Waals surface area contributed by atoms with E-state index in [2.05, 4.69) is 21.4 Å². The molecule has 0 saturated heterocycles. The summed E-state index contributed by atoms with van der Waals surface area (Å²) < 4.78 is 6.22. The number of hydrogen-bond acceptors (Lipinski definition) is 6. The molecule has 2 aromatic heterocycles. The third-order valence-corrected chi connectivity index (χ3v) is 5.50. The molecule has 0 unspecified atom stereocenters. The largest absolute Gasteiger partial charge is 0.497 e. The maximum absolute atomic E-state index is 9.37. The number of anilines is 1. The van der Waals surface area contributed by atoms with E-state index in [0.29, 0.717) is 6.54 Å². The van der Waals surface area contributed by atoms with Crippen LogP contribution >= 0.6 is 11.3 Å². The van der Waals surface area contributed by atoms with E-state index in [1.165, 1.54) is 0 Å². The quantitative estimate of drug-likeness (QED) is 0.519. The van der Waals surface area contributed by atoms with Crippen LogP contribution in [-0.4, -0.2) is 22.2 Å². The molecule has 2 N–H and O–H groups in total. The van der Waals surface area contributed by atoms with Crippen LogP contribution in [0, 0.1) is 0 Å². The number of hydrogen-bond donors (Lipinski definition) is 2. The molecule has 4 rings (SSSR count). The Kier molecular flexibility index (Phi) is 5.00. The van der Waals surface area contributed by atoms with Gasteiger partial charge in [-0.05, 0) is 41.0 Å². The van der Waals surface area contributed by atoms with Crippen LogP contribution in [0.2, 0.25) is 0 Å². The van der Waals surface area contributed by atoms with E-state index in [0.717, 1.165) is 43.4 Å². The second kappa shape index (κ2) is 7.73. The molecule has 0 aliphatic rings. The van der Waals surface area contributed by atoms with Gasteiger partial charge >= 0.3 is 0 Å². The molecule has 0 aliphatic heterocycles. The van der Waals surface area contributed by atoms with Crippen molar-refractivity contribution in [1.29, 1.82) is 0 Å². The summed E-state index contributed by atoms with van der Waals surface area (Å²) in [5.41, 5.74) is 4.03. The van der Waals surface area contributed by atoms with Crippen LogP contribution in [-0.2, 0) is 13.2 Å². The van der Waals surface area contributed by atoms with E-state index < -0.39 is 0 Å². The lowest BCUT2D eigenvalue weighted by molar-refractivity contribution is 0.282. The van der Waals surface area contributed by atoms with Gasteiger partial charge in [-0.15, -0.1) is 11.3 Å². The maximum atomic E-state index is 9.37. The molecule has 0 atom stereocenters. The van der Waals surface area contributed by atoms with Gasteiger partial charge in [0.25, 0.3) is 0 Å². The average Bonchev–Trinajstić information content (AvgIpc) is 3.17. The molecule has 4 aromatic rings. The van der Waals surface area contributed by atoms with Gasteiger partial charge in [0.2, 0.25) is 0 Å². The minimum Gasteiger partial charge on any atom is -0.497 e. The first kappa shape index (κ1) is 17.5. The molecule has 5 nitrogen and oxygen atoms in total.